The highest BCUT2D eigenvalue weighted by Crippen LogP contribution is 2.24. The summed E-state index contributed by atoms with van der Waals surface area (Å²) in [5.41, 5.74) is 0.866. The number of hydrogen-bond acceptors (Lipinski definition) is 2. The first-order chi connectivity index (χ1) is 7.92. The molecule has 0 radical (unpaired) electrons. The highest BCUT2D eigenvalue weighted by molar-refractivity contribution is 6.32. The molecule has 0 unspecified atom stereocenters. The Morgan fingerprint density at radius 2 is 2.06 bits per heavy atom. The molecule has 0 fully saturated rings. The van der Waals surface area contributed by atoms with Crippen LogP contribution in [0.3, 0.4) is 0 Å². The van der Waals surface area contributed by atoms with Gasteiger partial charge in [0.2, 0.25) is 0 Å². The Hall–Kier alpha value is -0.940. The molecule has 0 bridgehead atoms. The van der Waals surface area contributed by atoms with Gasteiger partial charge in [0.1, 0.15) is 5.75 Å². The summed E-state index contributed by atoms with van der Waals surface area (Å²) in [6.07, 6.45) is -3.68. The van der Waals surface area contributed by atoms with E-state index in [4.69, 9.17) is 16.3 Å². The van der Waals surface area contributed by atoms with Crippen LogP contribution in [0.1, 0.15) is 5.56 Å². The van der Waals surface area contributed by atoms with Crippen molar-refractivity contribution in [2.45, 2.75) is 12.6 Å². The summed E-state index contributed by atoms with van der Waals surface area (Å²) < 4.78 is 40.5. The van der Waals surface area contributed by atoms with Crippen LogP contribution in [-0.4, -0.2) is 26.4 Å². The van der Waals surface area contributed by atoms with E-state index in [1.807, 2.05) is 0 Å². The van der Waals surface area contributed by atoms with Crippen molar-refractivity contribution in [1.29, 1.82) is 0 Å². The molecule has 0 saturated heterocycles. The number of ether oxygens (including phenoxy) is 1. The standard InChI is InChI=1S/C11H13ClF3NO/c1-17-10-3-2-8(6-9(10)12)4-5-16-7-11(13,14)15/h2-3,6,16H,4-5,7H2,1H3. The first kappa shape index (κ1) is 14.1. The molecule has 0 saturated carbocycles. The van der Waals surface area contributed by atoms with Crippen LogP contribution in [0.15, 0.2) is 18.2 Å². The number of benzene rings is 1. The zero-order valence-corrected chi connectivity index (χ0v) is 10.0. The van der Waals surface area contributed by atoms with Crippen LogP contribution in [0, 0.1) is 0 Å². The third kappa shape index (κ3) is 5.28. The average molecular weight is 268 g/mol. The number of nitrogens with one attached hydrogen (secondary N) is 1. The van der Waals surface area contributed by atoms with E-state index in [-0.39, 0.29) is 6.54 Å². The van der Waals surface area contributed by atoms with E-state index in [0.29, 0.717) is 17.2 Å². The topological polar surface area (TPSA) is 21.3 Å². The van der Waals surface area contributed by atoms with Gasteiger partial charge in [-0.3, -0.25) is 0 Å². The van der Waals surface area contributed by atoms with Gasteiger partial charge in [0, 0.05) is 0 Å². The van der Waals surface area contributed by atoms with Gasteiger partial charge in [-0.05, 0) is 30.7 Å². The molecule has 0 aliphatic carbocycles. The molecule has 96 valence electrons. The fourth-order valence-electron chi connectivity index (χ4n) is 1.33. The predicted octanol–water partition coefficient (Wildman–Crippen LogP) is 3.04. The third-order valence-corrected chi connectivity index (χ3v) is 2.43. The van der Waals surface area contributed by atoms with E-state index < -0.39 is 12.7 Å². The first-order valence-electron chi connectivity index (χ1n) is 5.02. The lowest BCUT2D eigenvalue weighted by Crippen LogP contribution is -2.30. The van der Waals surface area contributed by atoms with Gasteiger partial charge >= 0.3 is 6.18 Å². The van der Waals surface area contributed by atoms with Crippen molar-refractivity contribution in [2.24, 2.45) is 0 Å². The minimum atomic E-state index is -4.17. The molecule has 0 heterocycles. The van der Waals surface area contributed by atoms with Crippen molar-refractivity contribution < 1.29 is 17.9 Å². The Bertz CT molecular complexity index is 368. The second-order valence-electron chi connectivity index (χ2n) is 3.51. The van der Waals surface area contributed by atoms with Gasteiger partial charge in [-0.1, -0.05) is 17.7 Å². The third-order valence-electron chi connectivity index (χ3n) is 2.13. The second-order valence-corrected chi connectivity index (χ2v) is 3.92. The monoisotopic (exact) mass is 267 g/mol. The lowest BCUT2D eigenvalue weighted by molar-refractivity contribution is -0.124. The second kappa shape index (κ2) is 6.12. The molecule has 0 aromatic heterocycles. The van der Waals surface area contributed by atoms with Crippen molar-refractivity contribution >= 4 is 11.6 Å². The van der Waals surface area contributed by atoms with Crippen LogP contribution in [0.5, 0.6) is 5.75 Å². The van der Waals surface area contributed by atoms with Gasteiger partial charge in [-0.15, -0.1) is 0 Å². The Morgan fingerprint density at radius 1 is 1.35 bits per heavy atom. The van der Waals surface area contributed by atoms with E-state index in [1.54, 1.807) is 18.2 Å². The number of hydrogen-bond donors (Lipinski definition) is 1. The molecule has 6 heteroatoms. The zero-order valence-electron chi connectivity index (χ0n) is 9.27. The molecule has 1 N–H and O–H groups in total. The molecule has 17 heavy (non-hydrogen) atoms. The van der Waals surface area contributed by atoms with Crippen LogP contribution < -0.4 is 10.1 Å². The van der Waals surface area contributed by atoms with Crippen molar-refractivity contribution in [3.8, 4) is 5.75 Å². The van der Waals surface area contributed by atoms with Crippen molar-refractivity contribution in [3.63, 3.8) is 0 Å². The van der Waals surface area contributed by atoms with Gasteiger partial charge in [-0.25, -0.2) is 0 Å². The first-order valence-corrected chi connectivity index (χ1v) is 5.40. The summed E-state index contributed by atoms with van der Waals surface area (Å²) in [5.74, 6) is 0.554. The van der Waals surface area contributed by atoms with Crippen LogP contribution in [-0.2, 0) is 6.42 Å². The molecule has 1 aromatic carbocycles. The Kier molecular flexibility index (Phi) is 5.08. The maximum absolute atomic E-state index is 11.8. The highest BCUT2D eigenvalue weighted by atomic mass is 35.5. The summed E-state index contributed by atoms with van der Waals surface area (Å²) >= 11 is 5.89. The normalized spacial score (nSPS) is 11.6. The van der Waals surface area contributed by atoms with Gasteiger partial charge in [-0.2, -0.15) is 13.2 Å². The maximum Gasteiger partial charge on any atom is 0.401 e. The van der Waals surface area contributed by atoms with E-state index in [2.05, 4.69) is 5.32 Å². The maximum atomic E-state index is 11.8. The average Bonchev–Trinajstić information content (AvgIpc) is 2.23. The molecule has 0 aliphatic rings. The molecule has 2 nitrogen and oxygen atoms in total. The van der Waals surface area contributed by atoms with Gasteiger partial charge in [0.15, 0.2) is 0 Å². The van der Waals surface area contributed by atoms with Crippen molar-refractivity contribution in [2.75, 3.05) is 20.2 Å². The van der Waals surface area contributed by atoms with Crippen molar-refractivity contribution in [1.82, 2.24) is 5.32 Å². The fraction of sp³-hybridized carbons (Fsp3) is 0.455. The summed E-state index contributed by atoms with van der Waals surface area (Å²) in [6, 6.07) is 5.16. The predicted molar refractivity (Wildman–Crippen MR) is 60.6 cm³/mol. The molecule has 1 rings (SSSR count). The summed E-state index contributed by atoms with van der Waals surface area (Å²) in [6.45, 7) is -0.723. The van der Waals surface area contributed by atoms with E-state index in [9.17, 15) is 13.2 Å². The molecular weight excluding hydrogens is 255 g/mol. The molecular formula is C11H13ClF3NO. The molecule has 0 spiro atoms. The van der Waals surface area contributed by atoms with Crippen LogP contribution in [0.4, 0.5) is 13.2 Å². The molecule has 1 aromatic rings. The summed E-state index contributed by atoms with van der Waals surface area (Å²) in [7, 11) is 1.51. The number of rotatable bonds is 5. The number of alkyl halides is 3. The van der Waals surface area contributed by atoms with E-state index in [1.165, 1.54) is 7.11 Å². The van der Waals surface area contributed by atoms with Gasteiger partial charge < -0.3 is 10.1 Å². The lowest BCUT2D eigenvalue weighted by atomic mass is 10.1. The van der Waals surface area contributed by atoms with E-state index >= 15 is 0 Å². The number of halogens is 4. The summed E-state index contributed by atoms with van der Waals surface area (Å²) in [5, 5.41) is 2.78. The minimum absolute atomic E-state index is 0.252. The lowest BCUT2D eigenvalue weighted by Gasteiger charge is -2.09. The van der Waals surface area contributed by atoms with Crippen LogP contribution >= 0.6 is 11.6 Å². The van der Waals surface area contributed by atoms with E-state index in [0.717, 1.165) is 5.56 Å². The minimum Gasteiger partial charge on any atom is -0.495 e. The Morgan fingerprint density at radius 3 is 2.59 bits per heavy atom. The van der Waals surface area contributed by atoms with Crippen molar-refractivity contribution in [3.05, 3.63) is 28.8 Å². The fourth-order valence-corrected chi connectivity index (χ4v) is 1.61. The Balaban J connectivity index is 2.40. The Labute approximate surface area is 103 Å². The SMILES string of the molecule is COc1ccc(CCNCC(F)(F)F)cc1Cl. The van der Waals surface area contributed by atoms with Gasteiger partial charge in [0.25, 0.3) is 0 Å². The molecule has 0 amide bonds. The number of methoxy groups -OCH3 is 1. The quantitative estimate of drug-likeness (QED) is 0.828. The van der Waals surface area contributed by atoms with Crippen LogP contribution in [0.2, 0.25) is 5.02 Å². The van der Waals surface area contributed by atoms with Crippen LogP contribution in [0.25, 0.3) is 0 Å². The molecule has 0 aliphatic heterocycles. The highest BCUT2D eigenvalue weighted by Gasteiger charge is 2.25. The smallest absolute Gasteiger partial charge is 0.401 e. The summed E-state index contributed by atoms with van der Waals surface area (Å²) in [4.78, 5) is 0. The zero-order chi connectivity index (χ0) is 12.9. The largest absolute Gasteiger partial charge is 0.495 e. The van der Waals surface area contributed by atoms with Gasteiger partial charge in [0.05, 0.1) is 18.7 Å². The molecule has 0 atom stereocenters.